The molecule has 4 rings (SSSR count). The zero-order chi connectivity index (χ0) is 22.0. The predicted octanol–water partition coefficient (Wildman–Crippen LogP) is 2.62. The van der Waals surface area contributed by atoms with Crippen LogP contribution >= 0.6 is 0 Å². The van der Waals surface area contributed by atoms with Crippen molar-refractivity contribution in [2.24, 2.45) is 0 Å². The Labute approximate surface area is 186 Å². The first-order chi connectivity index (χ1) is 14.9. The summed E-state index contributed by atoms with van der Waals surface area (Å²) >= 11 is 0. The number of aromatic nitrogens is 1. The molecule has 8 heteroatoms. The van der Waals surface area contributed by atoms with Crippen LogP contribution < -0.4 is 0 Å². The molecule has 1 aromatic rings. The van der Waals surface area contributed by atoms with Gasteiger partial charge < -0.3 is 4.90 Å². The summed E-state index contributed by atoms with van der Waals surface area (Å²) < 4.78 is 26.0. The Morgan fingerprint density at radius 3 is 2.26 bits per heavy atom. The maximum Gasteiger partial charge on any atom is 0.255 e. The third-order valence-corrected chi connectivity index (χ3v) is 9.22. The van der Waals surface area contributed by atoms with Crippen LogP contribution in [0.5, 0.6) is 0 Å². The number of piperazine rings is 1. The van der Waals surface area contributed by atoms with Gasteiger partial charge in [0.2, 0.25) is 10.0 Å². The lowest BCUT2D eigenvalue weighted by atomic mass is 9.90. The van der Waals surface area contributed by atoms with Gasteiger partial charge in [0.05, 0.1) is 17.0 Å². The molecule has 0 spiro atoms. The lowest BCUT2D eigenvalue weighted by Gasteiger charge is -2.38. The Morgan fingerprint density at radius 1 is 1.00 bits per heavy atom. The van der Waals surface area contributed by atoms with Gasteiger partial charge >= 0.3 is 0 Å². The van der Waals surface area contributed by atoms with E-state index >= 15 is 0 Å². The van der Waals surface area contributed by atoms with Gasteiger partial charge in [0.1, 0.15) is 0 Å². The zero-order valence-corrected chi connectivity index (χ0v) is 19.7. The van der Waals surface area contributed by atoms with Crippen LogP contribution in [0.3, 0.4) is 0 Å². The molecule has 2 aliphatic heterocycles. The van der Waals surface area contributed by atoms with Crippen LogP contribution in [0.25, 0.3) is 0 Å². The molecule has 1 aromatic heterocycles. The van der Waals surface area contributed by atoms with E-state index in [-0.39, 0.29) is 17.6 Å². The maximum absolute atomic E-state index is 13.4. The third-order valence-electron chi connectivity index (χ3n) is 7.34. The fraction of sp³-hybridized carbons (Fsp3) is 0.739. The minimum atomic E-state index is -3.16. The summed E-state index contributed by atoms with van der Waals surface area (Å²) in [5.74, 6) is 0.343. The van der Waals surface area contributed by atoms with E-state index in [1.54, 1.807) is 11.2 Å². The van der Waals surface area contributed by atoms with Gasteiger partial charge in [-0.25, -0.2) is 12.7 Å². The quantitative estimate of drug-likeness (QED) is 0.692. The number of rotatable bonds is 5. The van der Waals surface area contributed by atoms with Gasteiger partial charge in [0.15, 0.2) is 0 Å². The average Bonchev–Trinajstić information content (AvgIpc) is 3.34. The van der Waals surface area contributed by atoms with Crippen molar-refractivity contribution >= 4 is 15.9 Å². The van der Waals surface area contributed by atoms with E-state index in [4.69, 9.17) is 4.98 Å². The fourth-order valence-corrected chi connectivity index (χ4v) is 6.52. The highest BCUT2D eigenvalue weighted by Crippen LogP contribution is 2.31. The van der Waals surface area contributed by atoms with E-state index < -0.39 is 10.0 Å². The standard InChI is InChI=1S/C23H36N4O3S/c1-3-31(29,30)27-12-10-19(11-13-27)22-21(9-8-18(2)24-22)23(28)26-16-14-25(15-17-26)20-6-4-5-7-20/h8-9,19-20H,3-7,10-17H2,1-2H3. The van der Waals surface area contributed by atoms with Gasteiger partial charge in [-0.15, -0.1) is 0 Å². The van der Waals surface area contributed by atoms with Gasteiger partial charge in [-0.05, 0) is 51.7 Å². The SMILES string of the molecule is CCS(=O)(=O)N1CCC(c2nc(C)ccc2C(=O)N2CCN(C3CCCC3)CC2)CC1. The highest BCUT2D eigenvalue weighted by atomic mass is 32.2. The number of amides is 1. The smallest absolute Gasteiger partial charge is 0.255 e. The van der Waals surface area contributed by atoms with Crippen LogP contribution in [0.4, 0.5) is 0 Å². The predicted molar refractivity (Wildman–Crippen MR) is 122 cm³/mol. The van der Waals surface area contributed by atoms with E-state index in [1.165, 1.54) is 25.7 Å². The number of nitrogens with zero attached hydrogens (tertiary/aromatic N) is 4. The summed E-state index contributed by atoms with van der Waals surface area (Å²) in [7, 11) is -3.16. The number of hydrogen-bond acceptors (Lipinski definition) is 5. The lowest BCUT2D eigenvalue weighted by Crippen LogP contribution is -2.51. The number of pyridine rings is 1. The second-order valence-electron chi connectivity index (χ2n) is 9.23. The van der Waals surface area contributed by atoms with Crippen molar-refractivity contribution in [3.63, 3.8) is 0 Å². The van der Waals surface area contributed by atoms with Crippen LogP contribution in [0.2, 0.25) is 0 Å². The molecule has 172 valence electrons. The van der Waals surface area contributed by atoms with Gasteiger partial charge in [0, 0.05) is 56.9 Å². The van der Waals surface area contributed by atoms with Gasteiger partial charge in [0.25, 0.3) is 5.91 Å². The van der Waals surface area contributed by atoms with Gasteiger partial charge in [-0.3, -0.25) is 14.7 Å². The topological polar surface area (TPSA) is 73.8 Å². The van der Waals surface area contributed by atoms with Crippen LogP contribution in [0, 0.1) is 6.92 Å². The summed E-state index contributed by atoms with van der Waals surface area (Å²) in [5.41, 5.74) is 2.47. The number of piperidine rings is 1. The lowest BCUT2D eigenvalue weighted by molar-refractivity contribution is 0.0571. The molecular weight excluding hydrogens is 412 g/mol. The van der Waals surface area contributed by atoms with Crippen molar-refractivity contribution in [3.8, 4) is 0 Å². The first kappa shape index (κ1) is 22.7. The fourth-order valence-electron chi connectivity index (χ4n) is 5.39. The second-order valence-corrected chi connectivity index (χ2v) is 11.5. The number of sulfonamides is 1. The van der Waals surface area contributed by atoms with E-state index in [1.807, 2.05) is 24.0 Å². The summed E-state index contributed by atoms with van der Waals surface area (Å²) in [5, 5.41) is 0. The van der Waals surface area contributed by atoms with Gasteiger partial charge in [-0.2, -0.15) is 0 Å². The summed E-state index contributed by atoms with van der Waals surface area (Å²) in [6.07, 6.45) is 6.69. The number of carbonyl (C=O) groups excluding carboxylic acids is 1. The summed E-state index contributed by atoms with van der Waals surface area (Å²) in [6, 6.07) is 4.55. The second kappa shape index (κ2) is 9.55. The molecule has 7 nitrogen and oxygen atoms in total. The van der Waals surface area contributed by atoms with Crippen LogP contribution in [0.1, 0.15) is 73.1 Å². The molecule has 0 aromatic carbocycles. The summed E-state index contributed by atoms with van der Waals surface area (Å²) in [6.45, 7) is 8.11. The molecular formula is C23H36N4O3S. The van der Waals surface area contributed by atoms with E-state index in [0.717, 1.165) is 37.6 Å². The summed E-state index contributed by atoms with van der Waals surface area (Å²) in [4.78, 5) is 22.8. The van der Waals surface area contributed by atoms with Crippen molar-refractivity contribution < 1.29 is 13.2 Å². The first-order valence-electron chi connectivity index (χ1n) is 11.9. The molecule has 3 aliphatic rings. The molecule has 1 saturated carbocycles. The van der Waals surface area contributed by atoms with Crippen molar-refractivity contribution in [3.05, 3.63) is 29.1 Å². The van der Waals surface area contributed by atoms with Crippen molar-refractivity contribution in [2.45, 2.75) is 64.3 Å². The highest BCUT2D eigenvalue weighted by molar-refractivity contribution is 7.89. The molecule has 0 atom stereocenters. The molecule has 0 unspecified atom stereocenters. The minimum Gasteiger partial charge on any atom is -0.336 e. The molecule has 1 aliphatic carbocycles. The molecule has 1 amide bonds. The average molecular weight is 449 g/mol. The number of aryl methyl sites for hydroxylation is 1. The van der Waals surface area contributed by atoms with Crippen LogP contribution in [-0.2, 0) is 10.0 Å². The van der Waals surface area contributed by atoms with Crippen molar-refractivity contribution in [1.29, 1.82) is 0 Å². The Hall–Kier alpha value is -1.51. The normalized spacial score (nSPS) is 22.8. The number of carbonyl (C=O) groups is 1. The molecule has 3 heterocycles. The Bertz CT molecular complexity index is 882. The van der Waals surface area contributed by atoms with E-state index in [2.05, 4.69) is 4.90 Å². The minimum absolute atomic E-state index is 0.0807. The molecule has 0 N–H and O–H groups in total. The first-order valence-corrected chi connectivity index (χ1v) is 13.5. The number of hydrogen-bond donors (Lipinski definition) is 0. The van der Waals surface area contributed by atoms with Gasteiger partial charge in [-0.1, -0.05) is 12.8 Å². The molecule has 0 bridgehead atoms. The van der Waals surface area contributed by atoms with Crippen LogP contribution in [-0.4, -0.2) is 84.5 Å². The third kappa shape index (κ3) is 4.96. The van der Waals surface area contributed by atoms with E-state index in [0.29, 0.717) is 37.5 Å². The van der Waals surface area contributed by atoms with E-state index in [9.17, 15) is 13.2 Å². The zero-order valence-electron chi connectivity index (χ0n) is 18.9. The Morgan fingerprint density at radius 2 is 1.65 bits per heavy atom. The Kier molecular flexibility index (Phi) is 6.98. The van der Waals surface area contributed by atoms with Crippen molar-refractivity contribution in [1.82, 2.24) is 19.1 Å². The monoisotopic (exact) mass is 448 g/mol. The van der Waals surface area contributed by atoms with Crippen LogP contribution in [0.15, 0.2) is 12.1 Å². The maximum atomic E-state index is 13.4. The molecule has 31 heavy (non-hydrogen) atoms. The highest BCUT2D eigenvalue weighted by Gasteiger charge is 2.33. The largest absolute Gasteiger partial charge is 0.336 e. The molecule has 2 saturated heterocycles. The molecule has 0 radical (unpaired) electrons. The van der Waals surface area contributed by atoms with Crippen molar-refractivity contribution in [2.75, 3.05) is 45.0 Å². The molecule has 3 fully saturated rings. The Balaban J connectivity index is 1.44.